The Hall–Kier alpha value is -0.160. The van der Waals surface area contributed by atoms with Gasteiger partial charge in [0.05, 0.1) is 12.7 Å². The second kappa shape index (κ2) is 7.02. The van der Waals surface area contributed by atoms with Gasteiger partial charge in [-0.3, -0.25) is 4.90 Å². The molecule has 2 aliphatic rings. The average Bonchev–Trinajstić information content (AvgIpc) is 2.45. The molecule has 1 saturated carbocycles. The Bertz CT molecular complexity index is 266. The first-order chi connectivity index (χ1) is 9.20. The van der Waals surface area contributed by atoms with Crippen LogP contribution in [0.25, 0.3) is 0 Å². The summed E-state index contributed by atoms with van der Waals surface area (Å²) in [7, 11) is 2.19. The molecule has 2 N–H and O–H groups in total. The number of rotatable bonds is 5. The summed E-state index contributed by atoms with van der Waals surface area (Å²) in [5.41, 5.74) is 6.40. The van der Waals surface area contributed by atoms with Gasteiger partial charge in [0, 0.05) is 31.7 Å². The van der Waals surface area contributed by atoms with Gasteiger partial charge in [-0.25, -0.2) is 0 Å². The van der Waals surface area contributed by atoms with E-state index in [0.29, 0.717) is 6.10 Å². The molecule has 1 aliphatic heterocycles. The van der Waals surface area contributed by atoms with E-state index in [2.05, 4.69) is 23.8 Å². The number of hydrogen-bond acceptors (Lipinski definition) is 4. The van der Waals surface area contributed by atoms with E-state index in [-0.39, 0.29) is 5.54 Å². The highest BCUT2D eigenvalue weighted by atomic mass is 16.5. The molecule has 0 bridgehead atoms. The minimum atomic E-state index is 0.242. The molecule has 0 amide bonds. The van der Waals surface area contributed by atoms with E-state index in [0.717, 1.165) is 39.3 Å². The molecule has 112 valence electrons. The zero-order chi connectivity index (χ0) is 13.7. The first-order valence-electron chi connectivity index (χ1n) is 7.95. The maximum atomic E-state index is 6.15. The van der Waals surface area contributed by atoms with Crippen LogP contribution in [0.2, 0.25) is 0 Å². The van der Waals surface area contributed by atoms with Crippen LogP contribution in [0, 0.1) is 0 Å². The highest BCUT2D eigenvalue weighted by Gasteiger charge is 2.37. The summed E-state index contributed by atoms with van der Waals surface area (Å²) in [5.74, 6) is 0. The van der Waals surface area contributed by atoms with Crippen molar-refractivity contribution in [3.8, 4) is 0 Å². The van der Waals surface area contributed by atoms with Gasteiger partial charge >= 0.3 is 0 Å². The number of morpholine rings is 1. The van der Waals surface area contributed by atoms with Crippen molar-refractivity contribution in [1.82, 2.24) is 9.80 Å². The molecule has 1 unspecified atom stereocenters. The molecule has 1 heterocycles. The van der Waals surface area contributed by atoms with Crippen LogP contribution < -0.4 is 5.73 Å². The fourth-order valence-electron chi connectivity index (χ4n) is 3.74. The summed E-state index contributed by atoms with van der Waals surface area (Å²) >= 11 is 0. The maximum Gasteiger partial charge on any atom is 0.0829 e. The molecule has 0 radical (unpaired) electrons. The van der Waals surface area contributed by atoms with Crippen molar-refractivity contribution in [2.75, 3.05) is 46.4 Å². The minimum absolute atomic E-state index is 0.242. The van der Waals surface area contributed by atoms with Gasteiger partial charge in [0.25, 0.3) is 0 Å². The van der Waals surface area contributed by atoms with Gasteiger partial charge in [-0.2, -0.15) is 0 Å². The van der Waals surface area contributed by atoms with Gasteiger partial charge in [-0.15, -0.1) is 0 Å². The summed E-state index contributed by atoms with van der Waals surface area (Å²) in [5, 5.41) is 0. The fraction of sp³-hybridized carbons (Fsp3) is 1.00. The van der Waals surface area contributed by atoms with Gasteiger partial charge in [-0.05, 0) is 26.4 Å². The predicted molar refractivity (Wildman–Crippen MR) is 79.4 cm³/mol. The van der Waals surface area contributed by atoms with Crippen molar-refractivity contribution in [1.29, 1.82) is 0 Å². The van der Waals surface area contributed by atoms with Crippen molar-refractivity contribution in [2.45, 2.75) is 50.7 Å². The van der Waals surface area contributed by atoms with Gasteiger partial charge in [-0.1, -0.05) is 26.2 Å². The lowest BCUT2D eigenvalue weighted by atomic mass is 9.80. The van der Waals surface area contributed by atoms with Crippen molar-refractivity contribution in [3.05, 3.63) is 0 Å². The van der Waals surface area contributed by atoms with E-state index >= 15 is 0 Å². The number of hydrogen-bond donors (Lipinski definition) is 1. The molecule has 1 atom stereocenters. The summed E-state index contributed by atoms with van der Waals surface area (Å²) in [6.45, 7) is 8.16. The lowest BCUT2D eigenvalue weighted by Crippen LogP contribution is -2.58. The van der Waals surface area contributed by atoms with Crippen molar-refractivity contribution in [2.24, 2.45) is 5.73 Å². The van der Waals surface area contributed by atoms with Crippen LogP contribution in [-0.2, 0) is 4.74 Å². The topological polar surface area (TPSA) is 41.7 Å². The van der Waals surface area contributed by atoms with E-state index in [9.17, 15) is 0 Å². The molecular formula is C15H31N3O. The zero-order valence-electron chi connectivity index (χ0n) is 12.7. The molecule has 2 rings (SSSR count). The molecule has 4 heteroatoms. The molecule has 0 aromatic rings. The Labute approximate surface area is 118 Å². The second-order valence-corrected chi connectivity index (χ2v) is 6.28. The third-order valence-corrected chi connectivity index (χ3v) is 4.98. The van der Waals surface area contributed by atoms with E-state index < -0.39 is 0 Å². The Morgan fingerprint density at radius 1 is 1.32 bits per heavy atom. The first kappa shape index (κ1) is 15.2. The van der Waals surface area contributed by atoms with Crippen LogP contribution in [0.5, 0.6) is 0 Å². The Balaban J connectivity index is 1.97. The number of likely N-dealkylation sites (N-methyl/N-ethyl adjacent to an activating group) is 2. The lowest BCUT2D eigenvalue weighted by molar-refractivity contribution is -0.0579. The monoisotopic (exact) mass is 269 g/mol. The number of nitrogens with two attached hydrogens (primary N) is 1. The molecule has 4 nitrogen and oxygen atoms in total. The van der Waals surface area contributed by atoms with Crippen molar-refractivity contribution < 1.29 is 4.74 Å². The summed E-state index contributed by atoms with van der Waals surface area (Å²) in [6, 6.07) is 0. The summed E-state index contributed by atoms with van der Waals surface area (Å²) in [4.78, 5) is 4.98. The van der Waals surface area contributed by atoms with Crippen LogP contribution in [0.1, 0.15) is 39.0 Å². The summed E-state index contributed by atoms with van der Waals surface area (Å²) < 4.78 is 5.94. The van der Waals surface area contributed by atoms with Gasteiger partial charge in [0.15, 0.2) is 0 Å². The largest absolute Gasteiger partial charge is 0.374 e. The predicted octanol–water partition coefficient (Wildman–Crippen LogP) is 1.30. The Morgan fingerprint density at radius 3 is 2.63 bits per heavy atom. The molecular weight excluding hydrogens is 238 g/mol. The summed E-state index contributed by atoms with van der Waals surface area (Å²) in [6.07, 6.45) is 6.92. The van der Waals surface area contributed by atoms with E-state index in [4.69, 9.17) is 10.5 Å². The highest BCUT2D eigenvalue weighted by molar-refractivity contribution is 4.95. The standard InChI is InChI=1S/C15H31N3O/c1-3-18(12-14-11-17(2)9-10-19-14)15(13-16)7-5-4-6-8-15/h14H,3-13,16H2,1-2H3. The zero-order valence-corrected chi connectivity index (χ0v) is 12.7. The lowest BCUT2D eigenvalue weighted by Gasteiger charge is -2.47. The van der Waals surface area contributed by atoms with Crippen LogP contribution >= 0.6 is 0 Å². The highest BCUT2D eigenvalue weighted by Crippen LogP contribution is 2.33. The second-order valence-electron chi connectivity index (χ2n) is 6.28. The van der Waals surface area contributed by atoms with Gasteiger partial charge in [0.2, 0.25) is 0 Å². The van der Waals surface area contributed by atoms with E-state index in [1.807, 2.05) is 0 Å². The minimum Gasteiger partial charge on any atom is -0.374 e. The van der Waals surface area contributed by atoms with Gasteiger partial charge in [0.1, 0.15) is 0 Å². The maximum absolute atomic E-state index is 6.15. The molecule has 1 aliphatic carbocycles. The van der Waals surface area contributed by atoms with Crippen LogP contribution in [0.4, 0.5) is 0 Å². The molecule has 1 saturated heterocycles. The van der Waals surface area contributed by atoms with E-state index in [1.54, 1.807) is 0 Å². The quantitative estimate of drug-likeness (QED) is 0.817. The third kappa shape index (κ3) is 3.69. The number of ether oxygens (including phenoxy) is 1. The molecule has 2 fully saturated rings. The van der Waals surface area contributed by atoms with Crippen LogP contribution in [-0.4, -0.2) is 67.8 Å². The molecule has 19 heavy (non-hydrogen) atoms. The SMILES string of the molecule is CCN(CC1CN(C)CCO1)C1(CN)CCCCC1. The van der Waals surface area contributed by atoms with Crippen LogP contribution in [0.3, 0.4) is 0 Å². The van der Waals surface area contributed by atoms with Crippen LogP contribution in [0.15, 0.2) is 0 Å². The van der Waals surface area contributed by atoms with E-state index in [1.165, 1.54) is 32.1 Å². The number of nitrogens with zero attached hydrogens (tertiary/aromatic N) is 2. The molecule has 0 aromatic heterocycles. The van der Waals surface area contributed by atoms with Gasteiger partial charge < -0.3 is 15.4 Å². The normalized spacial score (nSPS) is 28.7. The fourth-order valence-corrected chi connectivity index (χ4v) is 3.74. The average molecular weight is 269 g/mol. The van der Waals surface area contributed by atoms with Crippen molar-refractivity contribution >= 4 is 0 Å². The Morgan fingerprint density at radius 2 is 2.05 bits per heavy atom. The molecule has 0 aromatic carbocycles. The smallest absolute Gasteiger partial charge is 0.0829 e. The molecule has 0 spiro atoms. The third-order valence-electron chi connectivity index (χ3n) is 4.98. The van der Waals surface area contributed by atoms with Crippen molar-refractivity contribution in [3.63, 3.8) is 0 Å². The Kier molecular flexibility index (Phi) is 5.63. The first-order valence-corrected chi connectivity index (χ1v) is 7.95.